The van der Waals surface area contributed by atoms with Gasteiger partial charge in [-0.05, 0) is 17.5 Å². The predicted octanol–water partition coefficient (Wildman–Crippen LogP) is 1.36. The van der Waals surface area contributed by atoms with Gasteiger partial charge in [-0.1, -0.05) is 37.6 Å². The van der Waals surface area contributed by atoms with Gasteiger partial charge in [0, 0.05) is 19.5 Å². The molecule has 17 heavy (non-hydrogen) atoms. The molecule has 0 radical (unpaired) electrons. The Kier molecular flexibility index (Phi) is 5.12. The lowest BCUT2D eigenvalue weighted by Gasteiger charge is -2.15. The first-order chi connectivity index (χ1) is 8.04. The highest BCUT2D eigenvalue weighted by molar-refractivity contribution is 5.76. The molecule has 0 heterocycles. The summed E-state index contributed by atoms with van der Waals surface area (Å²) in [5.74, 6) is 5.20. The van der Waals surface area contributed by atoms with Crippen molar-refractivity contribution in [2.24, 2.45) is 11.6 Å². The van der Waals surface area contributed by atoms with E-state index in [2.05, 4.69) is 19.1 Å². The van der Waals surface area contributed by atoms with Crippen molar-refractivity contribution in [1.82, 2.24) is 5.01 Å². The van der Waals surface area contributed by atoms with Crippen molar-refractivity contribution in [1.29, 1.82) is 0 Å². The first kappa shape index (κ1) is 13.7. The van der Waals surface area contributed by atoms with Crippen LogP contribution in [0.4, 0.5) is 0 Å². The maximum absolute atomic E-state index is 11.4. The minimum Gasteiger partial charge on any atom is -0.324 e. The van der Waals surface area contributed by atoms with Crippen molar-refractivity contribution in [2.45, 2.75) is 32.2 Å². The summed E-state index contributed by atoms with van der Waals surface area (Å²) in [7, 11) is 1.53. The zero-order valence-electron chi connectivity index (χ0n) is 10.5. The van der Waals surface area contributed by atoms with Crippen molar-refractivity contribution in [2.75, 3.05) is 7.05 Å². The number of hydrogen-bond donors (Lipinski definition) is 2. The second-order valence-electron chi connectivity index (χ2n) is 4.31. The van der Waals surface area contributed by atoms with Crippen LogP contribution >= 0.6 is 0 Å². The third-order valence-corrected chi connectivity index (χ3v) is 2.73. The largest absolute Gasteiger partial charge is 0.324 e. The Morgan fingerprint density at radius 1 is 1.35 bits per heavy atom. The third-order valence-electron chi connectivity index (χ3n) is 2.73. The molecule has 1 rings (SSSR count). The van der Waals surface area contributed by atoms with Gasteiger partial charge < -0.3 is 5.73 Å². The van der Waals surface area contributed by atoms with E-state index in [0.717, 1.165) is 23.4 Å². The van der Waals surface area contributed by atoms with Gasteiger partial charge >= 0.3 is 0 Å². The first-order valence-corrected chi connectivity index (χ1v) is 5.90. The van der Waals surface area contributed by atoms with Crippen molar-refractivity contribution < 1.29 is 4.79 Å². The van der Waals surface area contributed by atoms with Gasteiger partial charge in [-0.3, -0.25) is 9.80 Å². The number of nitrogens with two attached hydrogens (primary N) is 2. The fraction of sp³-hybridized carbons (Fsp3) is 0.462. The molecule has 0 aliphatic heterocycles. The monoisotopic (exact) mass is 235 g/mol. The molecule has 1 atom stereocenters. The van der Waals surface area contributed by atoms with E-state index in [1.54, 1.807) is 0 Å². The normalized spacial score (nSPS) is 12.2. The van der Waals surface area contributed by atoms with Crippen molar-refractivity contribution in [3.8, 4) is 0 Å². The van der Waals surface area contributed by atoms with Gasteiger partial charge in [0.1, 0.15) is 0 Å². The number of carbonyl (C=O) groups is 1. The Labute approximate surface area is 103 Å². The lowest BCUT2D eigenvalue weighted by Crippen LogP contribution is -2.35. The third kappa shape index (κ3) is 4.17. The van der Waals surface area contributed by atoms with E-state index in [4.69, 9.17) is 11.6 Å². The van der Waals surface area contributed by atoms with Crippen LogP contribution in [0.1, 0.15) is 36.9 Å². The summed E-state index contributed by atoms with van der Waals surface area (Å²) in [6.45, 7) is 2.15. The Balaban J connectivity index is 2.63. The SMILES string of the molecule is CCCc1ccc(C(N)CC(=O)N(C)N)cc1. The van der Waals surface area contributed by atoms with Crippen molar-refractivity contribution >= 4 is 5.91 Å². The number of amides is 1. The zero-order chi connectivity index (χ0) is 12.8. The number of rotatable bonds is 5. The van der Waals surface area contributed by atoms with E-state index >= 15 is 0 Å². The molecule has 94 valence electrons. The smallest absolute Gasteiger partial charge is 0.238 e. The maximum atomic E-state index is 11.4. The molecule has 4 N–H and O–H groups in total. The fourth-order valence-electron chi connectivity index (χ4n) is 1.67. The summed E-state index contributed by atoms with van der Waals surface area (Å²) >= 11 is 0. The Morgan fingerprint density at radius 2 is 1.94 bits per heavy atom. The Bertz CT molecular complexity index is 359. The average Bonchev–Trinajstić information content (AvgIpc) is 2.30. The minimum absolute atomic E-state index is 0.157. The van der Waals surface area contributed by atoms with Crippen LogP contribution in [0, 0.1) is 0 Å². The van der Waals surface area contributed by atoms with Crippen LogP contribution in [0.3, 0.4) is 0 Å². The van der Waals surface area contributed by atoms with Crippen LogP contribution in [-0.4, -0.2) is 18.0 Å². The number of hydrazine groups is 1. The number of benzene rings is 1. The summed E-state index contributed by atoms with van der Waals surface area (Å²) in [4.78, 5) is 11.4. The van der Waals surface area contributed by atoms with Crippen LogP contribution in [0.5, 0.6) is 0 Å². The minimum atomic E-state index is -0.288. The summed E-state index contributed by atoms with van der Waals surface area (Å²) in [6.07, 6.45) is 2.43. The topological polar surface area (TPSA) is 72.4 Å². The van der Waals surface area contributed by atoms with Crippen LogP contribution in [-0.2, 0) is 11.2 Å². The van der Waals surface area contributed by atoms with Gasteiger partial charge in [-0.2, -0.15) is 0 Å². The number of nitrogens with zero attached hydrogens (tertiary/aromatic N) is 1. The Morgan fingerprint density at radius 3 is 2.41 bits per heavy atom. The van der Waals surface area contributed by atoms with Crippen LogP contribution < -0.4 is 11.6 Å². The summed E-state index contributed by atoms with van der Waals surface area (Å²) in [5.41, 5.74) is 8.22. The Hall–Kier alpha value is -1.39. The van der Waals surface area contributed by atoms with Gasteiger partial charge in [-0.25, -0.2) is 5.84 Å². The molecular formula is C13H21N3O. The molecular weight excluding hydrogens is 214 g/mol. The maximum Gasteiger partial charge on any atom is 0.238 e. The molecule has 1 amide bonds. The van der Waals surface area contributed by atoms with E-state index < -0.39 is 0 Å². The number of aryl methyl sites for hydroxylation is 1. The second kappa shape index (κ2) is 6.37. The average molecular weight is 235 g/mol. The highest BCUT2D eigenvalue weighted by Crippen LogP contribution is 2.16. The molecule has 0 spiro atoms. The molecule has 4 heteroatoms. The van der Waals surface area contributed by atoms with Gasteiger partial charge in [0.15, 0.2) is 0 Å². The molecule has 0 aliphatic carbocycles. The molecule has 0 bridgehead atoms. The molecule has 0 saturated carbocycles. The van der Waals surface area contributed by atoms with Crippen molar-refractivity contribution in [3.05, 3.63) is 35.4 Å². The van der Waals surface area contributed by atoms with Crippen LogP contribution in [0.25, 0.3) is 0 Å². The van der Waals surface area contributed by atoms with Gasteiger partial charge in [-0.15, -0.1) is 0 Å². The molecule has 4 nitrogen and oxygen atoms in total. The summed E-state index contributed by atoms with van der Waals surface area (Å²) in [5, 5.41) is 1.07. The highest BCUT2D eigenvalue weighted by atomic mass is 16.2. The van der Waals surface area contributed by atoms with E-state index in [9.17, 15) is 4.79 Å². The standard InChI is InChI=1S/C13H21N3O/c1-3-4-10-5-7-11(8-6-10)12(14)9-13(17)16(2)15/h5-8,12H,3-4,9,14-15H2,1-2H3. The van der Waals surface area contributed by atoms with Crippen LogP contribution in [0.15, 0.2) is 24.3 Å². The predicted molar refractivity (Wildman–Crippen MR) is 68.9 cm³/mol. The number of carbonyl (C=O) groups excluding carboxylic acids is 1. The highest BCUT2D eigenvalue weighted by Gasteiger charge is 2.13. The molecule has 1 unspecified atom stereocenters. The molecule has 0 aliphatic rings. The lowest BCUT2D eigenvalue weighted by atomic mass is 10.0. The fourth-order valence-corrected chi connectivity index (χ4v) is 1.67. The molecule has 1 aromatic carbocycles. The lowest BCUT2D eigenvalue weighted by molar-refractivity contribution is -0.130. The van der Waals surface area contributed by atoms with Gasteiger partial charge in [0.25, 0.3) is 0 Å². The molecule has 1 aromatic rings. The van der Waals surface area contributed by atoms with E-state index in [1.807, 2.05) is 12.1 Å². The summed E-state index contributed by atoms with van der Waals surface area (Å²) < 4.78 is 0. The van der Waals surface area contributed by atoms with Crippen molar-refractivity contribution in [3.63, 3.8) is 0 Å². The number of hydrogen-bond acceptors (Lipinski definition) is 3. The van der Waals surface area contributed by atoms with E-state index in [-0.39, 0.29) is 18.4 Å². The zero-order valence-corrected chi connectivity index (χ0v) is 10.5. The van der Waals surface area contributed by atoms with Gasteiger partial charge in [0.2, 0.25) is 5.91 Å². The molecule has 0 saturated heterocycles. The van der Waals surface area contributed by atoms with E-state index in [1.165, 1.54) is 12.6 Å². The second-order valence-corrected chi connectivity index (χ2v) is 4.31. The first-order valence-electron chi connectivity index (χ1n) is 5.90. The van der Waals surface area contributed by atoms with E-state index in [0.29, 0.717) is 0 Å². The van der Waals surface area contributed by atoms with Gasteiger partial charge in [0.05, 0.1) is 0 Å². The summed E-state index contributed by atoms with van der Waals surface area (Å²) in [6, 6.07) is 7.81. The quantitative estimate of drug-likeness (QED) is 0.460. The molecule has 0 aromatic heterocycles. The molecule has 0 fully saturated rings. The van der Waals surface area contributed by atoms with Crippen LogP contribution in [0.2, 0.25) is 0 Å².